The molecule has 146 valence electrons. The molecular formula is C19H25N3O5. The van der Waals surface area contributed by atoms with Gasteiger partial charge in [-0.2, -0.15) is 0 Å². The van der Waals surface area contributed by atoms with Crippen molar-refractivity contribution >= 4 is 17.9 Å². The molecule has 2 aliphatic rings. The summed E-state index contributed by atoms with van der Waals surface area (Å²) in [6.45, 7) is 1.20. The van der Waals surface area contributed by atoms with E-state index >= 15 is 0 Å². The molecule has 0 radical (unpaired) electrons. The van der Waals surface area contributed by atoms with Gasteiger partial charge in [0.15, 0.2) is 0 Å². The normalized spacial score (nSPS) is 22.0. The van der Waals surface area contributed by atoms with Crippen molar-refractivity contribution in [1.29, 1.82) is 0 Å². The highest BCUT2D eigenvalue weighted by molar-refractivity contribution is 5.92. The Balaban J connectivity index is 1.62. The fourth-order valence-corrected chi connectivity index (χ4v) is 3.84. The average molecular weight is 375 g/mol. The van der Waals surface area contributed by atoms with Crippen molar-refractivity contribution in [2.45, 2.75) is 44.3 Å². The highest BCUT2D eigenvalue weighted by Gasteiger charge is 2.42. The fourth-order valence-electron chi connectivity index (χ4n) is 3.84. The van der Waals surface area contributed by atoms with Gasteiger partial charge < -0.3 is 20.1 Å². The molecule has 2 fully saturated rings. The van der Waals surface area contributed by atoms with Crippen molar-refractivity contribution in [3.05, 3.63) is 29.8 Å². The van der Waals surface area contributed by atoms with Gasteiger partial charge >= 0.3 is 6.09 Å². The Kier molecular flexibility index (Phi) is 5.83. The molecule has 2 N–H and O–H groups in total. The summed E-state index contributed by atoms with van der Waals surface area (Å²) in [7, 11) is 1.59. The zero-order chi connectivity index (χ0) is 19.4. The molecule has 2 heterocycles. The van der Waals surface area contributed by atoms with Crippen LogP contribution in [0.5, 0.6) is 5.75 Å². The lowest BCUT2D eigenvalue weighted by atomic mass is 10.1. The van der Waals surface area contributed by atoms with Gasteiger partial charge in [0.2, 0.25) is 11.8 Å². The molecule has 8 heteroatoms. The first kappa shape index (κ1) is 19.0. The third-order valence-electron chi connectivity index (χ3n) is 5.22. The van der Waals surface area contributed by atoms with Crippen LogP contribution in [-0.2, 0) is 16.1 Å². The van der Waals surface area contributed by atoms with Crippen molar-refractivity contribution in [2.24, 2.45) is 0 Å². The molecule has 3 amide bonds. The maximum atomic E-state index is 12.9. The molecule has 2 unspecified atom stereocenters. The van der Waals surface area contributed by atoms with Crippen LogP contribution in [0.3, 0.4) is 0 Å². The second kappa shape index (κ2) is 8.28. The summed E-state index contributed by atoms with van der Waals surface area (Å²) in [6, 6.07) is 6.21. The predicted molar refractivity (Wildman–Crippen MR) is 97.3 cm³/mol. The smallest absolute Gasteiger partial charge is 0.407 e. The predicted octanol–water partition coefficient (Wildman–Crippen LogP) is 1.44. The molecule has 2 atom stereocenters. The van der Waals surface area contributed by atoms with Gasteiger partial charge in [0.25, 0.3) is 0 Å². The lowest BCUT2D eigenvalue weighted by Crippen LogP contribution is -2.52. The molecule has 0 saturated carbocycles. The summed E-state index contributed by atoms with van der Waals surface area (Å²) in [4.78, 5) is 39.6. The quantitative estimate of drug-likeness (QED) is 0.811. The number of nitrogens with one attached hydrogen (secondary N) is 1. The fraction of sp³-hybridized carbons (Fsp3) is 0.526. The van der Waals surface area contributed by atoms with Crippen molar-refractivity contribution in [3.63, 3.8) is 0 Å². The lowest BCUT2D eigenvalue weighted by molar-refractivity contribution is -0.141. The molecule has 1 aromatic rings. The van der Waals surface area contributed by atoms with E-state index in [0.717, 1.165) is 17.7 Å². The zero-order valence-corrected chi connectivity index (χ0v) is 15.4. The summed E-state index contributed by atoms with van der Waals surface area (Å²) in [5.41, 5.74) is 0.909. The minimum atomic E-state index is -1.08. The summed E-state index contributed by atoms with van der Waals surface area (Å²) in [5.74, 6) is 0.256. The summed E-state index contributed by atoms with van der Waals surface area (Å²) < 4.78 is 5.18. The number of nitrogens with zero attached hydrogens (tertiary/aromatic N) is 2. The Morgan fingerprint density at radius 1 is 1.15 bits per heavy atom. The van der Waals surface area contributed by atoms with Crippen LogP contribution < -0.4 is 10.1 Å². The van der Waals surface area contributed by atoms with Gasteiger partial charge in [0.1, 0.15) is 17.8 Å². The third-order valence-corrected chi connectivity index (χ3v) is 5.22. The minimum Gasteiger partial charge on any atom is -0.497 e. The molecule has 2 saturated heterocycles. The Hall–Kier alpha value is -2.77. The van der Waals surface area contributed by atoms with Gasteiger partial charge in [0, 0.05) is 19.6 Å². The van der Waals surface area contributed by atoms with Gasteiger partial charge in [-0.1, -0.05) is 12.1 Å². The number of benzene rings is 1. The maximum absolute atomic E-state index is 12.9. The Labute approximate surface area is 158 Å². The van der Waals surface area contributed by atoms with Crippen molar-refractivity contribution in [1.82, 2.24) is 15.1 Å². The first-order valence-corrected chi connectivity index (χ1v) is 9.22. The maximum Gasteiger partial charge on any atom is 0.407 e. The van der Waals surface area contributed by atoms with Gasteiger partial charge in [-0.3, -0.25) is 14.5 Å². The van der Waals surface area contributed by atoms with E-state index < -0.39 is 18.2 Å². The highest BCUT2D eigenvalue weighted by Crippen LogP contribution is 2.25. The largest absolute Gasteiger partial charge is 0.497 e. The molecular weight excluding hydrogens is 350 g/mol. The zero-order valence-electron chi connectivity index (χ0n) is 15.4. The number of carbonyl (C=O) groups excluding carboxylic acids is 2. The van der Waals surface area contributed by atoms with Crippen molar-refractivity contribution < 1.29 is 24.2 Å². The second-order valence-corrected chi connectivity index (χ2v) is 6.89. The number of methoxy groups -OCH3 is 1. The summed E-state index contributed by atoms with van der Waals surface area (Å²) in [6.07, 6.45) is 1.44. The summed E-state index contributed by atoms with van der Waals surface area (Å²) >= 11 is 0. The molecule has 0 aliphatic carbocycles. The number of carbonyl (C=O) groups is 3. The van der Waals surface area contributed by atoms with Crippen LogP contribution in [-0.4, -0.2) is 65.1 Å². The Morgan fingerprint density at radius 2 is 1.85 bits per heavy atom. The van der Waals surface area contributed by atoms with E-state index in [1.807, 2.05) is 24.3 Å². The molecule has 8 nitrogen and oxygen atoms in total. The first-order valence-electron chi connectivity index (χ1n) is 9.22. The van der Waals surface area contributed by atoms with E-state index in [2.05, 4.69) is 5.32 Å². The van der Waals surface area contributed by atoms with E-state index in [0.29, 0.717) is 38.9 Å². The molecule has 0 spiro atoms. The van der Waals surface area contributed by atoms with E-state index in [9.17, 15) is 19.5 Å². The van der Waals surface area contributed by atoms with Crippen LogP contribution in [0.15, 0.2) is 24.3 Å². The minimum absolute atomic E-state index is 0.205. The summed E-state index contributed by atoms with van der Waals surface area (Å²) in [5, 5.41) is 12.2. The van der Waals surface area contributed by atoms with Crippen LogP contribution in [0.25, 0.3) is 0 Å². The lowest BCUT2D eigenvalue weighted by Gasteiger charge is -2.29. The standard InChI is InChI=1S/C19H25N3O5/c1-27-14-6-2-5-13(11-14)12-20-17(23)15-7-3-9-21(15)18(24)16-8-4-10-22(16)19(25)26/h2,5-6,11,15-16H,3-4,7-10,12H2,1H3,(H,20,23)(H,25,26). The highest BCUT2D eigenvalue weighted by atomic mass is 16.5. The number of ether oxygens (including phenoxy) is 1. The van der Waals surface area contributed by atoms with Crippen LogP contribution in [0.1, 0.15) is 31.2 Å². The number of likely N-dealkylation sites (tertiary alicyclic amines) is 2. The molecule has 2 aliphatic heterocycles. The van der Waals surface area contributed by atoms with E-state index in [-0.39, 0.29) is 11.8 Å². The monoisotopic (exact) mass is 375 g/mol. The number of hydrogen-bond acceptors (Lipinski definition) is 4. The average Bonchev–Trinajstić information content (AvgIpc) is 3.35. The Bertz CT molecular complexity index is 723. The van der Waals surface area contributed by atoms with Crippen LogP contribution in [0, 0.1) is 0 Å². The topological polar surface area (TPSA) is 99.2 Å². The second-order valence-electron chi connectivity index (χ2n) is 6.89. The van der Waals surface area contributed by atoms with E-state index in [1.165, 1.54) is 4.90 Å². The SMILES string of the molecule is COc1cccc(CNC(=O)C2CCCN2C(=O)C2CCCN2C(=O)O)c1. The van der Waals surface area contributed by atoms with Gasteiger partial charge in [0.05, 0.1) is 7.11 Å². The number of amides is 3. The molecule has 0 bridgehead atoms. The third kappa shape index (κ3) is 4.15. The van der Waals surface area contributed by atoms with Crippen LogP contribution in [0.4, 0.5) is 4.79 Å². The van der Waals surface area contributed by atoms with Crippen molar-refractivity contribution in [2.75, 3.05) is 20.2 Å². The van der Waals surface area contributed by atoms with Gasteiger partial charge in [-0.25, -0.2) is 4.79 Å². The van der Waals surface area contributed by atoms with Gasteiger partial charge in [-0.05, 0) is 43.4 Å². The Morgan fingerprint density at radius 3 is 2.56 bits per heavy atom. The number of hydrogen-bond donors (Lipinski definition) is 2. The van der Waals surface area contributed by atoms with Crippen molar-refractivity contribution in [3.8, 4) is 5.75 Å². The molecule has 0 aromatic heterocycles. The van der Waals surface area contributed by atoms with Gasteiger partial charge in [-0.15, -0.1) is 0 Å². The molecule has 27 heavy (non-hydrogen) atoms. The molecule has 3 rings (SSSR count). The number of rotatable bonds is 5. The first-order chi connectivity index (χ1) is 13.0. The van der Waals surface area contributed by atoms with E-state index in [4.69, 9.17) is 4.74 Å². The molecule has 1 aromatic carbocycles. The van der Waals surface area contributed by atoms with Crippen LogP contribution >= 0.6 is 0 Å². The van der Waals surface area contributed by atoms with E-state index in [1.54, 1.807) is 12.0 Å². The van der Waals surface area contributed by atoms with Crippen LogP contribution in [0.2, 0.25) is 0 Å². The number of carboxylic acid groups (broad SMARTS) is 1.